The van der Waals surface area contributed by atoms with E-state index >= 15 is 0 Å². The van der Waals surface area contributed by atoms with Crippen LogP contribution in [0, 0.1) is 5.82 Å². The van der Waals surface area contributed by atoms with Crippen molar-refractivity contribution in [3.63, 3.8) is 0 Å². The molecular formula is C12H16FN3O2. The van der Waals surface area contributed by atoms with Crippen molar-refractivity contribution in [1.29, 1.82) is 0 Å². The number of nitrogens with zero attached hydrogens (tertiary/aromatic N) is 1. The van der Waals surface area contributed by atoms with Crippen molar-refractivity contribution in [3.05, 3.63) is 23.6 Å². The summed E-state index contributed by atoms with van der Waals surface area (Å²) in [7, 11) is 1.56. The van der Waals surface area contributed by atoms with Crippen LogP contribution < -0.4 is 10.6 Å². The Bertz CT molecular complexity index is 433. The smallest absolute Gasteiger partial charge is 0.254 e. The van der Waals surface area contributed by atoms with Gasteiger partial charge in [0.25, 0.3) is 5.91 Å². The SMILES string of the molecule is CNc1nccc(C(=O)NC2CCCOC2)c1F. The van der Waals surface area contributed by atoms with Crippen LogP contribution in [0.3, 0.4) is 0 Å². The topological polar surface area (TPSA) is 63.2 Å². The highest BCUT2D eigenvalue weighted by Crippen LogP contribution is 2.15. The molecule has 1 fully saturated rings. The van der Waals surface area contributed by atoms with Crippen molar-refractivity contribution in [2.45, 2.75) is 18.9 Å². The van der Waals surface area contributed by atoms with Crippen LogP contribution in [0.4, 0.5) is 10.2 Å². The van der Waals surface area contributed by atoms with Gasteiger partial charge in [-0.05, 0) is 18.9 Å². The number of nitrogens with one attached hydrogen (secondary N) is 2. The van der Waals surface area contributed by atoms with Crippen LogP contribution in [0.5, 0.6) is 0 Å². The van der Waals surface area contributed by atoms with Gasteiger partial charge in [0.1, 0.15) is 0 Å². The van der Waals surface area contributed by atoms with Crippen molar-refractivity contribution in [2.75, 3.05) is 25.6 Å². The second-order valence-corrected chi connectivity index (χ2v) is 4.16. The summed E-state index contributed by atoms with van der Waals surface area (Å²) < 4.78 is 19.1. The second-order valence-electron chi connectivity index (χ2n) is 4.16. The number of halogens is 1. The molecule has 0 spiro atoms. The van der Waals surface area contributed by atoms with Gasteiger partial charge in [0.2, 0.25) is 0 Å². The Balaban J connectivity index is 2.08. The van der Waals surface area contributed by atoms with E-state index in [0.717, 1.165) is 19.4 Å². The van der Waals surface area contributed by atoms with Crippen LogP contribution >= 0.6 is 0 Å². The van der Waals surface area contributed by atoms with Crippen molar-refractivity contribution in [3.8, 4) is 0 Å². The number of pyridine rings is 1. The maximum absolute atomic E-state index is 13.9. The monoisotopic (exact) mass is 253 g/mol. The van der Waals surface area contributed by atoms with Gasteiger partial charge in [-0.1, -0.05) is 0 Å². The lowest BCUT2D eigenvalue weighted by molar-refractivity contribution is 0.0622. The summed E-state index contributed by atoms with van der Waals surface area (Å²) in [5.74, 6) is -0.987. The summed E-state index contributed by atoms with van der Waals surface area (Å²) in [5.41, 5.74) is -0.0000709. The molecule has 2 rings (SSSR count). The zero-order valence-corrected chi connectivity index (χ0v) is 10.2. The lowest BCUT2D eigenvalue weighted by atomic mass is 10.1. The lowest BCUT2D eigenvalue weighted by Crippen LogP contribution is -2.41. The van der Waals surface area contributed by atoms with E-state index in [1.54, 1.807) is 7.05 Å². The van der Waals surface area contributed by atoms with Crippen molar-refractivity contribution < 1.29 is 13.9 Å². The molecule has 6 heteroatoms. The molecule has 1 atom stereocenters. The largest absolute Gasteiger partial charge is 0.379 e. The fourth-order valence-corrected chi connectivity index (χ4v) is 1.91. The molecule has 0 saturated carbocycles. The minimum Gasteiger partial charge on any atom is -0.379 e. The van der Waals surface area contributed by atoms with E-state index in [9.17, 15) is 9.18 Å². The summed E-state index contributed by atoms with van der Waals surface area (Å²) in [6, 6.07) is 1.33. The number of anilines is 1. The summed E-state index contributed by atoms with van der Waals surface area (Å²) >= 11 is 0. The van der Waals surface area contributed by atoms with E-state index in [4.69, 9.17) is 4.74 Å². The molecule has 2 N–H and O–H groups in total. The second kappa shape index (κ2) is 5.77. The first-order valence-corrected chi connectivity index (χ1v) is 5.93. The number of ether oxygens (including phenoxy) is 1. The average Bonchev–Trinajstić information content (AvgIpc) is 2.40. The van der Waals surface area contributed by atoms with E-state index in [-0.39, 0.29) is 17.4 Å². The zero-order chi connectivity index (χ0) is 13.0. The van der Waals surface area contributed by atoms with E-state index in [1.807, 2.05) is 0 Å². The number of carbonyl (C=O) groups excluding carboxylic acids is 1. The number of aromatic nitrogens is 1. The third-order valence-corrected chi connectivity index (χ3v) is 2.87. The van der Waals surface area contributed by atoms with Gasteiger partial charge in [0, 0.05) is 19.9 Å². The van der Waals surface area contributed by atoms with Crippen LogP contribution in [0.2, 0.25) is 0 Å². The highest BCUT2D eigenvalue weighted by molar-refractivity contribution is 5.95. The molecule has 1 aliphatic rings. The molecular weight excluding hydrogens is 237 g/mol. The van der Waals surface area contributed by atoms with Gasteiger partial charge in [0.05, 0.1) is 18.2 Å². The van der Waals surface area contributed by atoms with Crippen LogP contribution in [-0.2, 0) is 4.74 Å². The molecule has 1 amide bonds. The Morgan fingerprint density at radius 1 is 1.61 bits per heavy atom. The molecule has 2 heterocycles. The highest BCUT2D eigenvalue weighted by Gasteiger charge is 2.20. The summed E-state index contributed by atoms with van der Waals surface area (Å²) in [6.45, 7) is 1.21. The lowest BCUT2D eigenvalue weighted by Gasteiger charge is -2.23. The van der Waals surface area contributed by atoms with E-state index in [1.165, 1.54) is 12.3 Å². The fraction of sp³-hybridized carbons (Fsp3) is 0.500. The maximum atomic E-state index is 13.9. The molecule has 18 heavy (non-hydrogen) atoms. The standard InChI is InChI=1S/C12H16FN3O2/c1-14-11-10(13)9(4-5-15-11)12(17)16-8-3-2-6-18-7-8/h4-5,8H,2-3,6-7H2,1H3,(H,14,15)(H,16,17). The average molecular weight is 253 g/mol. The van der Waals surface area contributed by atoms with Gasteiger partial charge in [-0.15, -0.1) is 0 Å². The minimum absolute atomic E-state index is 0.0000709. The summed E-state index contributed by atoms with van der Waals surface area (Å²) in [6.07, 6.45) is 3.17. The van der Waals surface area contributed by atoms with Crippen molar-refractivity contribution in [1.82, 2.24) is 10.3 Å². The van der Waals surface area contributed by atoms with Gasteiger partial charge < -0.3 is 15.4 Å². The number of amides is 1. The molecule has 0 radical (unpaired) electrons. The molecule has 0 aliphatic carbocycles. The first-order chi connectivity index (χ1) is 8.72. The third-order valence-electron chi connectivity index (χ3n) is 2.87. The minimum atomic E-state index is -0.630. The van der Waals surface area contributed by atoms with E-state index in [0.29, 0.717) is 6.61 Å². The van der Waals surface area contributed by atoms with Crippen molar-refractivity contribution >= 4 is 11.7 Å². The fourth-order valence-electron chi connectivity index (χ4n) is 1.91. The Kier molecular flexibility index (Phi) is 4.09. The number of carbonyl (C=O) groups is 1. The quantitative estimate of drug-likeness (QED) is 0.849. The summed E-state index contributed by atoms with van der Waals surface area (Å²) in [4.78, 5) is 15.7. The molecule has 0 bridgehead atoms. The molecule has 98 valence electrons. The predicted molar refractivity (Wildman–Crippen MR) is 65.0 cm³/mol. The molecule has 1 aliphatic heterocycles. The van der Waals surface area contributed by atoms with E-state index < -0.39 is 11.7 Å². The summed E-state index contributed by atoms with van der Waals surface area (Å²) in [5, 5.41) is 5.37. The predicted octanol–water partition coefficient (Wildman–Crippen LogP) is 1.17. The molecule has 1 aromatic heterocycles. The van der Waals surface area contributed by atoms with Crippen LogP contribution in [0.25, 0.3) is 0 Å². The molecule has 1 aromatic rings. The Hall–Kier alpha value is -1.69. The Labute approximate surface area is 105 Å². The first-order valence-electron chi connectivity index (χ1n) is 5.93. The zero-order valence-electron chi connectivity index (χ0n) is 10.2. The first kappa shape index (κ1) is 12.8. The highest BCUT2D eigenvalue weighted by atomic mass is 19.1. The Morgan fingerprint density at radius 2 is 2.44 bits per heavy atom. The number of hydrogen-bond donors (Lipinski definition) is 2. The molecule has 1 saturated heterocycles. The molecule has 0 aromatic carbocycles. The maximum Gasteiger partial charge on any atom is 0.254 e. The van der Waals surface area contributed by atoms with Crippen molar-refractivity contribution in [2.24, 2.45) is 0 Å². The van der Waals surface area contributed by atoms with Gasteiger partial charge in [-0.25, -0.2) is 9.37 Å². The van der Waals surface area contributed by atoms with Gasteiger partial charge >= 0.3 is 0 Å². The van der Waals surface area contributed by atoms with Gasteiger partial charge in [-0.2, -0.15) is 0 Å². The Morgan fingerprint density at radius 3 is 3.11 bits per heavy atom. The van der Waals surface area contributed by atoms with Gasteiger partial charge in [0.15, 0.2) is 11.6 Å². The normalized spacial score (nSPS) is 19.3. The van der Waals surface area contributed by atoms with Crippen LogP contribution in [0.15, 0.2) is 12.3 Å². The van der Waals surface area contributed by atoms with Crippen LogP contribution in [-0.4, -0.2) is 37.2 Å². The van der Waals surface area contributed by atoms with E-state index in [2.05, 4.69) is 15.6 Å². The number of rotatable bonds is 3. The third kappa shape index (κ3) is 2.76. The number of hydrogen-bond acceptors (Lipinski definition) is 4. The molecule has 1 unspecified atom stereocenters. The van der Waals surface area contributed by atoms with Crippen LogP contribution in [0.1, 0.15) is 23.2 Å². The van der Waals surface area contributed by atoms with Gasteiger partial charge in [-0.3, -0.25) is 4.79 Å². The molecule has 5 nitrogen and oxygen atoms in total.